The number of ether oxygens (including phenoxy) is 1. The molecule has 0 aromatic heterocycles. The molecule has 0 heterocycles. The van der Waals surface area contributed by atoms with Crippen LogP contribution in [0.2, 0.25) is 0 Å². The first-order valence-electron chi connectivity index (χ1n) is 7.74. The molecular formula is C16H21FN2O4. The first-order valence-corrected chi connectivity index (χ1v) is 7.74. The molecular weight excluding hydrogens is 303 g/mol. The first kappa shape index (κ1) is 17.2. The van der Waals surface area contributed by atoms with E-state index in [1.165, 1.54) is 0 Å². The van der Waals surface area contributed by atoms with Crippen LogP contribution in [0.1, 0.15) is 33.1 Å². The number of hydrogen-bond donors (Lipinski definition) is 1. The molecule has 3 unspecified atom stereocenters. The van der Waals surface area contributed by atoms with Crippen molar-refractivity contribution in [2.24, 2.45) is 11.8 Å². The van der Waals surface area contributed by atoms with Gasteiger partial charge in [0.25, 0.3) is 11.6 Å². The zero-order valence-corrected chi connectivity index (χ0v) is 13.3. The summed E-state index contributed by atoms with van der Waals surface area (Å²) >= 11 is 0. The molecule has 0 radical (unpaired) electrons. The molecule has 1 amide bonds. The average Bonchev–Trinajstić information content (AvgIpc) is 2.50. The van der Waals surface area contributed by atoms with Gasteiger partial charge in [-0.25, -0.2) is 4.39 Å². The van der Waals surface area contributed by atoms with Gasteiger partial charge >= 0.3 is 0 Å². The summed E-state index contributed by atoms with van der Waals surface area (Å²) in [5.41, 5.74) is -0.357. The summed E-state index contributed by atoms with van der Waals surface area (Å²) in [6.45, 7) is 3.98. The highest BCUT2D eigenvalue weighted by Crippen LogP contribution is 2.29. The van der Waals surface area contributed by atoms with Crippen molar-refractivity contribution < 1.29 is 18.8 Å². The normalized spacial score (nSPS) is 24.0. The number of halogens is 1. The van der Waals surface area contributed by atoms with Crippen molar-refractivity contribution in [2.75, 3.05) is 6.61 Å². The fourth-order valence-corrected chi connectivity index (χ4v) is 2.90. The zero-order chi connectivity index (χ0) is 17.0. The van der Waals surface area contributed by atoms with Crippen molar-refractivity contribution in [1.82, 2.24) is 5.32 Å². The van der Waals surface area contributed by atoms with Gasteiger partial charge in [-0.2, -0.15) is 0 Å². The molecule has 1 aromatic carbocycles. The molecule has 0 aliphatic heterocycles. The van der Waals surface area contributed by atoms with Crippen LogP contribution in [0.15, 0.2) is 18.2 Å². The standard InChI is InChI=1S/C16H21FN2O4/c1-10-4-3-5-14(11(10)2)18-16(20)9-23-15-7-6-12(19(21)22)8-13(15)17/h6-8,10-11,14H,3-5,9H2,1-2H3,(H,18,20). The molecule has 1 saturated carbocycles. The number of nitrogens with one attached hydrogen (secondary N) is 1. The molecule has 6 nitrogen and oxygen atoms in total. The minimum absolute atomic E-state index is 0.108. The Morgan fingerprint density at radius 1 is 1.43 bits per heavy atom. The number of carbonyl (C=O) groups is 1. The third-order valence-electron chi connectivity index (χ3n) is 4.54. The van der Waals surface area contributed by atoms with Crippen LogP contribution < -0.4 is 10.1 Å². The lowest BCUT2D eigenvalue weighted by Crippen LogP contribution is -2.45. The summed E-state index contributed by atoms with van der Waals surface area (Å²) in [4.78, 5) is 21.8. The minimum atomic E-state index is -0.855. The van der Waals surface area contributed by atoms with Crippen LogP contribution in [0.4, 0.5) is 10.1 Å². The largest absolute Gasteiger partial charge is 0.481 e. The van der Waals surface area contributed by atoms with E-state index in [1.54, 1.807) is 0 Å². The van der Waals surface area contributed by atoms with Gasteiger partial charge in [0, 0.05) is 12.1 Å². The molecule has 1 fully saturated rings. The van der Waals surface area contributed by atoms with Crippen LogP contribution in [0, 0.1) is 27.8 Å². The number of non-ortho nitro benzene ring substituents is 1. The van der Waals surface area contributed by atoms with Gasteiger partial charge in [-0.1, -0.05) is 26.7 Å². The molecule has 7 heteroatoms. The van der Waals surface area contributed by atoms with E-state index in [2.05, 4.69) is 19.2 Å². The first-order chi connectivity index (χ1) is 10.9. The van der Waals surface area contributed by atoms with Gasteiger partial charge in [-0.15, -0.1) is 0 Å². The average molecular weight is 324 g/mol. The Morgan fingerprint density at radius 2 is 2.17 bits per heavy atom. The highest BCUT2D eigenvalue weighted by Gasteiger charge is 2.28. The second kappa shape index (κ2) is 7.39. The summed E-state index contributed by atoms with van der Waals surface area (Å²) in [6, 6.07) is 3.18. The maximum Gasteiger partial charge on any atom is 0.272 e. The van der Waals surface area contributed by atoms with E-state index in [-0.39, 0.29) is 30.0 Å². The van der Waals surface area contributed by atoms with Gasteiger partial charge in [0.15, 0.2) is 18.2 Å². The van der Waals surface area contributed by atoms with E-state index < -0.39 is 10.7 Å². The van der Waals surface area contributed by atoms with E-state index in [1.807, 2.05) is 0 Å². The number of carbonyl (C=O) groups excluding carboxylic acids is 1. The molecule has 1 aromatic rings. The number of nitro benzene ring substituents is 1. The van der Waals surface area contributed by atoms with Crippen molar-refractivity contribution in [1.29, 1.82) is 0 Å². The minimum Gasteiger partial charge on any atom is -0.481 e. The Hall–Kier alpha value is -2.18. The number of benzene rings is 1. The molecule has 2 rings (SSSR count). The number of nitrogens with zero attached hydrogens (tertiary/aromatic N) is 1. The van der Waals surface area contributed by atoms with E-state index >= 15 is 0 Å². The Kier molecular flexibility index (Phi) is 5.52. The second-order valence-corrected chi connectivity index (χ2v) is 6.10. The van der Waals surface area contributed by atoms with Crippen LogP contribution in [-0.4, -0.2) is 23.5 Å². The van der Waals surface area contributed by atoms with Crippen LogP contribution in [0.5, 0.6) is 5.75 Å². The summed E-state index contributed by atoms with van der Waals surface area (Å²) in [5, 5.41) is 13.5. The van der Waals surface area contributed by atoms with Crippen molar-refractivity contribution in [3.05, 3.63) is 34.1 Å². The predicted molar refractivity (Wildman–Crippen MR) is 82.7 cm³/mol. The van der Waals surface area contributed by atoms with Crippen LogP contribution >= 0.6 is 0 Å². The van der Waals surface area contributed by atoms with Crippen LogP contribution in [-0.2, 0) is 4.79 Å². The lowest BCUT2D eigenvalue weighted by molar-refractivity contribution is -0.385. The predicted octanol–water partition coefficient (Wildman–Crippen LogP) is 3.05. The Bertz CT molecular complexity index is 593. The molecule has 126 valence electrons. The monoisotopic (exact) mass is 324 g/mol. The van der Waals surface area contributed by atoms with Crippen LogP contribution in [0.25, 0.3) is 0 Å². The number of rotatable bonds is 5. The Balaban J connectivity index is 1.88. The topological polar surface area (TPSA) is 81.5 Å². The SMILES string of the molecule is CC1CCCC(NC(=O)COc2ccc([N+](=O)[O-])cc2F)C1C. The van der Waals surface area contributed by atoms with Gasteiger partial charge in [-0.05, 0) is 24.3 Å². The fraction of sp³-hybridized carbons (Fsp3) is 0.562. The fourth-order valence-electron chi connectivity index (χ4n) is 2.90. The Labute approximate surface area is 134 Å². The van der Waals surface area contributed by atoms with Gasteiger partial charge < -0.3 is 10.1 Å². The van der Waals surface area contributed by atoms with E-state index in [0.717, 1.165) is 37.5 Å². The maximum atomic E-state index is 13.7. The number of nitro groups is 1. The van der Waals surface area contributed by atoms with Crippen molar-refractivity contribution in [2.45, 2.75) is 39.2 Å². The third-order valence-corrected chi connectivity index (χ3v) is 4.54. The molecule has 0 bridgehead atoms. The van der Waals surface area contributed by atoms with Gasteiger partial charge in [0.2, 0.25) is 0 Å². The second-order valence-electron chi connectivity index (χ2n) is 6.10. The molecule has 0 spiro atoms. The molecule has 1 aliphatic rings. The molecule has 3 atom stereocenters. The van der Waals surface area contributed by atoms with Gasteiger partial charge in [0.1, 0.15) is 0 Å². The maximum absolute atomic E-state index is 13.7. The summed E-state index contributed by atoms with van der Waals surface area (Å²) in [6.07, 6.45) is 3.18. The quantitative estimate of drug-likeness (QED) is 0.666. The number of amides is 1. The van der Waals surface area contributed by atoms with Gasteiger partial charge in [-0.3, -0.25) is 14.9 Å². The lowest BCUT2D eigenvalue weighted by Gasteiger charge is -2.34. The third kappa shape index (κ3) is 4.40. The zero-order valence-electron chi connectivity index (χ0n) is 13.3. The van der Waals surface area contributed by atoms with E-state index in [0.29, 0.717) is 11.8 Å². The Morgan fingerprint density at radius 3 is 2.83 bits per heavy atom. The highest BCUT2D eigenvalue weighted by atomic mass is 19.1. The van der Waals surface area contributed by atoms with E-state index in [9.17, 15) is 19.3 Å². The molecule has 0 saturated heterocycles. The lowest BCUT2D eigenvalue weighted by atomic mass is 9.78. The van der Waals surface area contributed by atoms with E-state index in [4.69, 9.17) is 4.74 Å². The van der Waals surface area contributed by atoms with Crippen molar-refractivity contribution in [3.8, 4) is 5.75 Å². The smallest absolute Gasteiger partial charge is 0.272 e. The summed E-state index contributed by atoms with van der Waals surface area (Å²) < 4.78 is 18.8. The number of hydrogen-bond acceptors (Lipinski definition) is 4. The molecule has 1 aliphatic carbocycles. The van der Waals surface area contributed by atoms with Crippen LogP contribution in [0.3, 0.4) is 0 Å². The van der Waals surface area contributed by atoms with Crippen molar-refractivity contribution >= 4 is 11.6 Å². The highest BCUT2D eigenvalue weighted by molar-refractivity contribution is 5.77. The van der Waals surface area contributed by atoms with Gasteiger partial charge in [0.05, 0.1) is 11.0 Å². The van der Waals surface area contributed by atoms with Crippen molar-refractivity contribution in [3.63, 3.8) is 0 Å². The summed E-state index contributed by atoms with van der Waals surface area (Å²) in [5.74, 6) is -0.387. The summed E-state index contributed by atoms with van der Waals surface area (Å²) in [7, 11) is 0. The molecule has 1 N–H and O–H groups in total. The molecule has 23 heavy (non-hydrogen) atoms.